The molecule has 0 spiro atoms. The Balaban J connectivity index is 1.75. The number of nitrogens with zero attached hydrogens (tertiary/aromatic N) is 5. The van der Waals surface area contributed by atoms with Crippen molar-refractivity contribution in [1.82, 2.24) is 15.0 Å². The van der Waals surface area contributed by atoms with Crippen LogP contribution in [0.3, 0.4) is 0 Å². The molecule has 5 heteroatoms. The molecule has 0 fully saturated rings. The van der Waals surface area contributed by atoms with Gasteiger partial charge in [0.1, 0.15) is 5.82 Å². The molecule has 5 nitrogen and oxygen atoms in total. The molecule has 0 atom stereocenters. The molecule has 0 unspecified atom stereocenters. The van der Waals surface area contributed by atoms with Crippen LogP contribution in [-0.4, -0.2) is 43.1 Å². The first-order valence-corrected chi connectivity index (χ1v) is 9.54. The topological polar surface area (TPSA) is 45.2 Å². The van der Waals surface area contributed by atoms with Crippen LogP contribution in [0.15, 0.2) is 48.5 Å². The van der Waals surface area contributed by atoms with Gasteiger partial charge in [-0.1, -0.05) is 36.4 Å². The summed E-state index contributed by atoms with van der Waals surface area (Å²) in [5.74, 6) is 2.00. The second kappa shape index (κ2) is 9.15. The summed E-state index contributed by atoms with van der Waals surface area (Å²) in [5.41, 5.74) is 4.55. The first kappa shape index (κ1) is 20.3. The molecule has 0 aliphatic heterocycles. The molecule has 0 saturated heterocycles. The fourth-order valence-corrected chi connectivity index (χ4v) is 2.78. The Bertz CT molecular complexity index is 921. The Hall–Kier alpha value is -3.47. The summed E-state index contributed by atoms with van der Waals surface area (Å²) in [4.78, 5) is 17.5. The van der Waals surface area contributed by atoms with Gasteiger partial charge in [0.25, 0.3) is 0 Å². The van der Waals surface area contributed by atoms with Crippen LogP contribution in [0.25, 0.3) is 24.3 Å². The molecule has 3 aromatic rings. The van der Waals surface area contributed by atoms with Crippen molar-refractivity contribution >= 4 is 35.7 Å². The average Bonchev–Trinajstić information content (AvgIpc) is 2.71. The Labute approximate surface area is 173 Å². The fraction of sp³-hybridized carbons (Fsp3) is 0.208. The highest BCUT2D eigenvalue weighted by molar-refractivity contribution is 5.70. The first-order chi connectivity index (χ1) is 13.9. The van der Waals surface area contributed by atoms with Crippen molar-refractivity contribution in [2.24, 2.45) is 0 Å². The van der Waals surface area contributed by atoms with E-state index in [1.54, 1.807) is 0 Å². The van der Waals surface area contributed by atoms with Crippen molar-refractivity contribution in [1.29, 1.82) is 0 Å². The largest absolute Gasteiger partial charge is 0.378 e. The second-order valence-electron chi connectivity index (χ2n) is 7.24. The Kier molecular flexibility index (Phi) is 6.39. The van der Waals surface area contributed by atoms with Crippen LogP contribution in [0, 0.1) is 6.92 Å². The fourth-order valence-electron chi connectivity index (χ4n) is 2.78. The zero-order chi connectivity index (χ0) is 20.8. The number of hydrogen-bond acceptors (Lipinski definition) is 5. The van der Waals surface area contributed by atoms with Gasteiger partial charge in [-0.2, -0.15) is 0 Å². The maximum absolute atomic E-state index is 4.54. The van der Waals surface area contributed by atoms with E-state index in [4.69, 9.17) is 0 Å². The summed E-state index contributed by atoms with van der Waals surface area (Å²) in [7, 11) is 8.13. The van der Waals surface area contributed by atoms with E-state index in [-0.39, 0.29) is 0 Å². The Morgan fingerprint density at radius 2 is 0.931 bits per heavy atom. The van der Waals surface area contributed by atoms with Gasteiger partial charge >= 0.3 is 0 Å². The van der Waals surface area contributed by atoms with Gasteiger partial charge in [0, 0.05) is 39.6 Å². The summed E-state index contributed by atoms with van der Waals surface area (Å²) in [6, 6.07) is 16.7. The van der Waals surface area contributed by atoms with Crippen LogP contribution >= 0.6 is 0 Å². The molecule has 0 amide bonds. The van der Waals surface area contributed by atoms with Crippen LogP contribution < -0.4 is 9.80 Å². The molecule has 0 N–H and O–H groups in total. The second-order valence-corrected chi connectivity index (χ2v) is 7.24. The summed E-state index contributed by atoms with van der Waals surface area (Å²) < 4.78 is 0. The minimum absolute atomic E-state index is 0.650. The third-order valence-electron chi connectivity index (χ3n) is 4.45. The molecule has 3 rings (SSSR count). The highest BCUT2D eigenvalue weighted by atomic mass is 15.1. The summed E-state index contributed by atoms with van der Waals surface area (Å²) in [6.45, 7) is 1.88. The van der Waals surface area contributed by atoms with Crippen molar-refractivity contribution < 1.29 is 0 Å². The van der Waals surface area contributed by atoms with Gasteiger partial charge in [0.2, 0.25) is 0 Å². The monoisotopic (exact) mass is 385 g/mol. The molecule has 0 bridgehead atoms. The van der Waals surface area contributed by atoms with Crippen LogP contribution in [-0.2, 0) is 0 Å². The smallest absolute Gasteiger partial charge is 0.156 e. The molecule has 0 aliphatic rings. The number of benzene rings is 2. The molecular weight excluding hydrogens is 358 g/mol. The number of rotatable bonds is 6. The van der Waals surface area contributed by atoms with Crippen LogP contribution in [0.1, 0.15) is 28.6 Å². The molecule has 148 valence electrons. The quantitative estimate of drug-likeness (QED) is 0.618. The van der Waals surface area contributed by atoms with E-state index in [0.717, 1.165) is 11.1 Å². The average molecular weight is 386 g/mol. The van der Waals surface area contributed by atoms with E-state index in [2.05, 4.69) is 73.3 Å². The maximum Gasteiger partial charge on any atom is 0.156 e. The Morgan fingerprint density at radius 3 is 1.28 bits per heavy atom. The van der Waals surface area contributed by atoms with Gasteiger partial charge in [-0.05, 0) is 54.5 Å². The minimum Gasteiger partial charge on any atom is -0.378 e. The lowest BCUT2D eigenvalue weighted by molar-refractivity contribution is 0.945. The lowest BCUT2D eigenvalue weighted by Gasteiger charge is -2.11. The van der Waals surface area contributed by atoms with Gasteiger partial charge in [0.05, 0.1) is 0 Å². The molecule has 29 heavy (non-hydrogen) atoms. The lowest BCUT2D eigenvalue weighted by atomic mass is 10.2. The molecule has 2 aromatic carbocycles. The molecule has 0 radical (unpaired) electrons. The molecular formula is C24H27N5. The molecule has 0 saturated carbocycles. The van der Waals surface area contributed by atoms with E-state index in [1.807, 2.05) is 59.4 Å². The van der Waals surface area contributed by atoms with E-state index < -0.39 is 0 Å². The van der Waals surface area contributed by atoms with Crippen molar-refractivity contribution in [3.63, 3.8) is 0 Å². The van der Waals surface area contributed by atoms with Crippen molar-refractivity contribution in [3.05, 3.63) is 77.1 Å². The normalized spacial score (nSPS) is 11.3. The molecule has 1 heterocycles. The van der Waals surface area contributed by atoms with E-state index in [0.29, 0.717) is 17.5 Å². The van der Waals surface area contributed by atoms with Gasteiger partial charge < -0.3 is 9.80 Å². The Morgan fingerprint density at radius 1 is 0.552 bits per heavy atom. The van der Waals surface area contributed by atoms with E-state index in [9.17, 15) is 0 Å². The maximum atomic E-state index is 4.54. The van der Waals surface area contributed by atoms with Gasteiger partial charge in [-0.25, -0.2) is 15.0 Å². The van der Waals surface area contributed by atoms with Crippen LogP contribution in [0.2, 0.25) is 0 Å². The van der Waals surface area contributed by atoms with Crippen molar-refractivity contribution in [3.8, 4) is 0 Å². The van der Waals surface area contributed by atoms with Crippen molar-refractivity contribution in [2.45, 2.75) is 6.92 Å². The van der Waals surface area contributed by atoms with Gasteiger partial charge in [-0.3, -0.25) is 0 Å². The van der Waals surface area contributed by atoms with Crippen LogP contribution in [0.5, 0.6) is 0 Å². The predicted octanol–water partition coefficient (Wildman–Crippen LogP) is 4.65. The number of hydrogen-bond donors (Lipinski definition) is 0. The third-order valence-corrected chi connectivity index (χ3v) is 4.45. The van der Waals surface area contributed by atoms with Gasteiger partial charge in [-0.15, -0.1) is 0 Å². The number of aryl methyl sites for hydroxylation is 1. The first-order valence-electron chi connectivity index (χ1n) is 9.54. The third kappa shape index (κ3) is 5.75. The van der Waals surface area contributed by atoms with Crippen molar-refractivity contribution in [2.75, 3.05) is 38.0 Å². The summed E-state index contributed by atoms with van der Waals surface area (Å²) in [6.07, 6.45) is 7.87. The van der Waals surface area contributed by atoms with Crippen LogP contribution in [0.4, 0.5) is 11.4 Å². The van der Waals surface area contributed by atoms with Gasteiger partial charge in [0.15, 0.2) is 11.6 Å². The predicted molar refractivity (Wildman–Crippen MR) is 124 cm³/mol. The zero-order valence-corrected chi connectivity index (χ0v) is 17.7. The minimum atomic E-state index is 0.650. The molecule has 0 aliphatic carbocycles. The summed E-state index contributed by atoms with van der Waals surface area (Å²) in [5, 5.41) is 0. The highest BCUT2D eigenvalue weighted by Gasteiger charge is 2.00. The standard InChI is InChI=1S/C24H27N5/c1-18-25-23(16-10-19-6-12-21(13-7-19)28(2)3)27-24(26-18)17-11-20-8-14-22(15-9-20)29(4)5/h6-17H,1-5H3/b16-10+,17-11+. The van der Waals surface area contributed by atoms with E-state index >= 15 is 0 Å². The number of anilines is 2. The number of aromatic nitrogens is 3. The summed E-state index contributed by atoms with van der Waals surface area (Å²) >= 11 is 0. The molecule has 1 aromatic heterocycles. The van der Waals surface area contributed by atoms with E-state index in [1.165, 1.54) is 11.4 Å². The SMILES string of the molecule is Cc1nc(/C=C/c2ccc(N(C)C)cc2)nc(/C=C/c2ccc(N(C)C)cc2)n1. The zero-order valence-electron chi connectivity index (χ0n) is 17.7. The highest BCUT2D eigenvalue weighted by Crippen LogP contribution is 2.15. The lowest BCUT2D eigenvalue weighted by Crippen LogP contribution is -2.07.